The number of likely N-dealkylation sites (N-methyl/N-ethyl adjacent to an activating group) is 1. The molecule has 0 bridgehead atoms. The first-order chi connectivity index (χ1) is 16.3. The van der Waals surface area contributed by atoms with Crippen molar-refractivity contribution in [3.8, 4) is 10.6 Å². The summed E-state index contributed by atoms with van der Waals surface area (Å²) in [5, 5.41) is 11.6. The Bertz CT molecular complexity index is 1230. The molecule has 7 heteroatoms. The number of aromatic nitrogens is 1. The Morgan fingerprint density at radius 1 is 1.12 bits per heavy atom. The van der Waals surface area contributed by atoms with E-state index >= 15 is 0 Å². The van der Waals surface area contributed by atoms with Gasteiger partial charge in [-0.1, -0.05) is 61.5 Å². The minimum absolute atomic E-state index is 0.124. The third-order valence-corrected chi connectivity index (χ3v) is 7.27. The molecule has 0 radical (unpaired) electrons. The Balaban J connectivity index is 1.76. The van der Waals surface area contributed by atoms with Crippen molar-refractivity contribution in [2.45, 2.75) is 26.3 Å². The molecule has 1 atom stereocenters. The molecule has 176 valence electrons. The van der Waals surface area contributed by atoms with Gasteiger partial charge in [-0.05, 0) is 38.6 Å². The molecule has 0 aliphatic carbocycles. The van der Waals surface area contributed by atoms with Gasteiger partial charge >= 0.3 is 0 Å². The number of ketones is 1. The van der Waals surface area contributed by atoms with E-state index in [9.17, 15) is 14.7 Å². The topological polar surface area (TPSA) is 73.7 Å². The lowest BCUT2D eigenvalue weighted by atomic mass is 9.94. The van der Waals surface area contributed by atoms with Crippen molar-refractivity contribution in [1.82, 2.24) is 14.8 Å². The van der Waals surface area contributed by atoms with Gasteiger partial charge in [0.25, 0.3) is 5.91 Å². The smallest absolute Gasteiger partial charge is 0.290 e. The van der Waals surface area contributed by atoms with Crippen molar-refractivity contribution < 1.29 is 14.7 Å². The number of aliphatic hydroxyl groups is 1. The number of carbonyl (C=O) groups is 2. The van der Waals surface area contributed by atoms with Crippen LogP contribution in [0, 0.1) is 6.92 Å². The number of rotatable bonds is 8. The van der Waals surface area contributed by atoms with Crippen molar-refractivity contribution in [2.24, 2.45) is 0 Å². The molecule has 3 aromatic rings. The molecule has 4 rings (SSSR count). The maximum Gasteiger partial charge on any atom is 0.290 e. The lowest BCUT2D eigenvalue weighted by Crippen LogP contribution is -2.36. The quantitative estimate of drug-likeness (QED) is 0.473. The van der Waals surface area contributed by atoms with Gasteiger partial charge in [0.05, 0.1) is 22.2 Å². The molecule has 6 nitrogen and oxygen atoms in total. The number of thiazole rings is 1. The van der Waals surface area contributed by atoms with Gasteiger partial charge < -0.3 is 14.9 Å². The van der Waals surface area contributed by atoms with Gasteiger partial charge in [0.2, 0.25) is 5.78 Å². The van der Waals surface area contributed by atoms with E-state index in [1.165, 1.54) is 16.9 Å². The van der Waals surface area contributed by atoms with Crippen LogP contribution in [0.25, 0.3) is 10.6 Å². The van der Waals surface area contributed by atoms with Gasteiger partial charge in [-0.3, -0.25) is 9.59 Å². The fourth-order valence-corrected chi connectivity index (χ4v) is 5.17. The van der Waals surface area contributed by atoms with Gasteiger partial charge in [0, 0.05) is 18.7 Å². The number of aryl methyl sites for hydroxylation is 2. The molecule has 1 unspecified atom stereocenters. The first-order valence-electron chi connectivity index (χ1n) is 11.4. The number of carbonyl (C=O) groups excluding carboxylic acids is 2. The highest BCUT2D eigenvalue weighted by atomic mass is 32.1. The fraction of sp³-hybridized carbons (Fsp3) is 0.296. The summed E-state index contributed by atoms with van der Waals surface area (Å²) in [6.45, 7) is 4.88. The molecule has 1 aromatic heterocycles. The molecule has 2 aromatic carbocycles. The molecular weight excluding hydrogens is 446 g/mol. The molecule has 0 spiro atoms. The summed E-state index contributed by atoms with van der Waals surface area (Å²) in [5.41, 5.74) is 3.62. The highest BCUT2D eigenvalue weighted by Gasteiger charge is 2.44. The van der Waals surface area contributed by atoms with Crippen LogP contribution in [0.3, 0.4) is 0 Å². The van der Waals surface area contributed by atoms with Gasteiger partial charge in [-0.15, -0.1) is 11.3 Å². The van der Waals surface area contributed by atoms with Crippen LogP contribution in [0.2, 0.25) is 0 Å². The summed E-state index contributed by atoms with van der Waals surface area (Å²) in [7, 11) is 3.85. The molecule has 1 aliphatic rings. The molecular formula is C27H29N3O3S. The Morgan fingerprint density at radius 3 is 2.41 bits per heavy atom. The normalized spacial score (nSPS) is 16.1. The second-order valence-corrected chi connectivity index (χ2v) is 9.69. The third kappa shape index (κ3) is 4.54. The molecule has 1 aliphatic heterocycles. The van der Waals surface area contributed by atoms with E-state index in [1.807, 2.05) is 73.6 Å². The Hall–Kier alpha value is -3.29. The Labute approximate surface area is 204 Å². The summed E-state index contributed by atoms with van der Waals surface area (Å²) < 4.78 is 0. The molecule has 0 saturated heterocycles. The zero-order valence-corrected chi connectivity index (χ0v) is 20.7. The zero-order chi connectivity index (χ0) is 24.4. The second-order valence-electron chi connectivity index (χ2n) is 8.69. The van der Waals surface area contributed by atoms with E-state index in [4.69, 9.17) is 0 Å². The van der Waals surface area contributed by atoms with Gasteiger partial charge in [0.1, 0.15) is 5.01 Å². The van der Waals surface area contributed by atoms with Crippen molar-refractivity contribution in [1.29, 1.82) is 0 Å². The number of hydrogen-bond acceptors (Lipinski definition) is 6. The van der Waals surface area contributed by atoms with Crippen LogP contribution in [-0.4, -0.2) is 58.8 Å². The SMILES string of the molecule is CCc1ccc(C2C(C(=O)c3sc(-c4ccccc4)nc3C)=C(O)C(=O)N2CCN(C)C)cc1. The third-order valence-electron chi connectivity index (χ3n) is 6.06. The lowest BCUT2D eigenvalue weighted by Gasteiger charge is -2.28. The zero-order valence-electron chi connectivity index (χ0n) is 19.9. The minimum Gasteiger partial charge on any atom is -0.503 e. The molecule has 1 amide bonds. The molecule has 0 fully saturated rings. The Morgan fingerprint density at radius 2 is 1.79 bits per heavy atom. The van der Waals surface area contributed by atoms with Crippen molar-refractivity contribution in [2.75, 3.05) is 27.2 Å². The summed E-state index contributed by atoms with van der Waals surface area (Å²) >= 11 is 1.29. The van der Waals surface area contributed by atoms with Gasteiger partial charge in [0.15, 0.2) is 5.76 Å². The summed E-state index contributed by atoms with van der Waals surface area (Å²) in [4.78, 5) is 35.6. The van der Waals surface area contributed by atoms with E-state index in [1.54, 1.807) is 11.8 Å². The monoisotopic (exact) mass is 475 g/mol. The van der Waals surface area contributed by atoms with Crippen LogP contribution in [0.15, 0.2) is 65.9 Å². The Kier molecular flexibility index (Phi) is 6.95. The molecule has 2 heterocycles. The van der Waals surface area contributed by atoms with Crippen molar-refractivity contribution in [3.63, 3.8) is 0 Å². The number of Topliss-reactive ketones (excluding diaryl/α,β-unsaturated/α-hetero) is 1. The van der Waals surface area contributed by atoms with Gasteiger partial charge in [-0.2, -0.15) is 0 Å². The highest BCUT2D eigenvalue weighted by molar-refractivity contribution is 7.17. The van der Waals surface area contributed by atoms with E-state index in [-0.39, 0.29) is 11.4 Å². The minimum atomic E-state index is -0.646. The van der Waals surface area contributed by atoms with Crippen LogP contribution in [0.4, 0.5) is 0 Å². The maximum absolute atomic E-state index is 13.8. The highest BCUT2D eigenvalue weighted by Crippen LogP contribution is 2.41. The van der Waals surface area contributed by atoms with E-state index in [0.29, 0.717) is 23.7 Å². The van der Waals surface area contributed by atoms with E-state index < -0.39 is 17.7 Å². The standard InChI is InChI=1S/C27H29N3O3S/c1-5-18-11-13-19(14-12-18)22-21(24(32)27(33)30(22)16-15-29(3)4)23(31)25-17(2)28-26(34-25)20-9-7-6-8-10-20/h6-14,22,32H,5,15-16H2,1-4H3. The van der Waals surface area contributed by atoms with Crippen LogP contribution < -0.4 is 0 Å². The average Bonchev–Trinajstić information content (AvgIpc) is 3.35. The average molecular weight is 476 g/mol. The maximum atomic E-state index is 13.8. The largest absolute Gasteiger partial charge is 0.503 e. The van der Waals surface area contributed by atoms with E-state index in [0.717, 1.165) is 22.6 Å². The number of hydrogen-bond donors (Lipinski definition) is 1. The summed E-state index contributed by atoms with van der Waals surface area (Å²) in [5.74, 6) is -1.33. The van der Waals surface area contributed by atoms with Crippen LogP contribution in [0.1, 0.15) is 39.5 Å². The predicted molar refractivity (Wildman–Crippen MR) is 135 cm³/mol. The number of nitrogens with zero attached hydrogens (tertiary/aromatic N) is 3. The second kappa shape index (κ2) is 9.91. The number of aliphatic hydroxyl groups excluding tert-OH is 1. The van der Waals surface area contributed by atoms with E-state index in [2.05, 4.69) is 11.9 Å². The van der Waals surface area contributed by atoms with Crippen LogP contribution in [0.5, 0.6) is 0 Å². The number of benzene rings is 2. The molecule has 1 N–H and O–H groups in total. The summed E-state index contributed by atoms with van der Waals surface area (Å²) in [6.07, 6.45) is 0.892. The first-order valence-corrected chi connectivity index (χ1v) is 12.2. The first kappa shape index (κ1) is 23.9. The van der Waals surface area contributed by atoms with Gasteiger partial charge in [-0.25, -0.2) is 4.98 Å². The summed E-state index contributed by atoms with van der Waals surface area (Å²) in [6, 6.07) is 16.9. The molecule has 0 saturated carbocycles. The van der Waals surface area contributed by atoms with Crippen LogP contribution >= 0.6 is 11.3 Å². The predicted octanol–water partition coefficient (Wildman–Crippen LogP) is 4.82. The lowest BCUT2D eigenvalue weighted by molar-refractivity contribution is -0.129. The number of amides is 1. The van der Waals surface area contributed by atoms with Crippen LogP contribution in [-0.2, 0) is 11.2 Å². The van der Waals surface area contributed by atoms with Crippen molar-refractivity contribution >= 4 is 23.0 Å². The van der Waals surface area contributed by atoms with Crippen molar-refractivity contribution in [3.05, 3.63) is 87.6 Å². The fourth-order valence-electron chi connectivity index (χ4n) is 4.14. The molecule has 34 heavy (non-hydrogen) atoms.